The Kier molecular flexibility index (Phi) is 2.31. The van der Waals surface area contributed by atoms with Gasteiger partial charge < -0.3 is 5.11 Å². The van der Waals surface area contributed by atoms with Crippen molar-refractivity contribution in [1.29, 1.82) is 0 Å². The molecule has 4 bridgehead atoms. The molecule has 0 aromatic carbocycles. The zero-order chi connectivity index (χ0) is 11.8. The smallest absolute Gasteiger partial charge is 0.309 e. The van der Waals surface area contributed by atoms with Crippen LogP contribution in [0.5, 0.6) is 0 Å². The molecule has 0 saturated heterocycles. The van der Waals surface area contributed by atoms with E-state index in [0.29, 0.717) is 0 Å². The second-order valence-corrected chi connectivity index (χ2v) is 11.3. The number of hydrogen-bond donors (Lipinski definition) is 1. The number of carboxylic acids is 1. The molecule has 2 nitrogen and oxygen atoms in total. The average molecular weight is 446 g/mol. The second-order valence-electron chi connectivity index (χ2n) is 6.76. The molecule has 0 heterocycles. The summed E-state index contributed by atoms with van der Waals surface area (Å²) in [6.07, 6.45) is 6.36. The fourth-order valence-corrected chi connectivity index (χ4v) is 10.6. The largest absolute Gasteiger partial charge is 0.481 e. The first-order valence-electron chi connectivity index (χ1n) is 5.80. The summed E-state index contributed by atoms with van der Waals surface area (Å²) >= 11 is 5.12. The normalized spacial score (nSPS) is 58.9. The van der Waals surface area contributed by atoms with Gasteiger partial charge in [-0.1, -0.05) is 52.1 Å². The molecule has 16 heavy (non-hydrogen) atoms. The van der Waals surface area contributed by atoms with Gasteiger partial charge >= 0.3 is 5.97 Å². The molecular weight excluding hydrogens is 430 g/mol. The van der Waals surface area contributed by atoms with E-state index in [4.69, 9.17) is 0 Å². The standard InChI is InChI=1S/C12H16I2O2/c1-9-2-10(8(15)16)5-11(13,3-9)7-12(14,4-9)6-10/h2-7H2,1H3,(H,15,16). The number of aliphatic carboxylic acids is 1. The zero-order valence-corrected chi connectivity index (χ0v) is 13.7. The lowest BCUT2D eigenvalue weighted by Gasteiger charge is -2.66. The van der Waals surface area contributed by atoms with Crippen LogP contribution in [-0.2, 0) is 4.79 Å². The van der Waals surface area contributed by atoms with Gasteiger partial charge in [0.05, 0.1) is 5.41 Å². The summed E-state index contributed by atoms with van der Waals surface area (Å²) in [5.74, 6) is -0.542. The highest BCUT2D eigenvalue weighted by atomic mass is 127. The first kappa shape index (κ1) is 12.0. The molecule has 4 aliphatic carbocycles. The molecule has 1 N–H and O–H groups in total. The fraction of sp³-hybridized carbons (Fsp3) is 0.917. The monoisotopic (exact) mass is 446 g/mol. The summed E-state index contributed by atoms with van der Waals surface area (Å²) < 4.78 is 0.502. The van der Waals surface area contributed by atoms with E-state index in [1.165, 1.54) is 19.3 Å². The lowest BCUT2D eigenvalue weighted by atomic mass is 9.44. The predicted molar refractivity (Wildman–Crippen MR) is 79.4 cm³/mol. The van der Waals surface area contributed by atoms with Crippen LogP contribution in [0.4, 0.5) is 0 Å². The summed E-state index contributed by atoms with van der Waals surface area (Å²) in [5, 5.41) is 9.62. The highest BCUT2D eigenvalue weighted by Crippen LogP contribution is 2.72. The van der Waals surface area contributed by atoms with E-state index in [1.54, 1.807) is 0 Å². The molecule has 4 rings (SSSR count). The highest BCUT2D eigenvalue weighted by molar-refractivity contribution is 14.1. The van der Waals surface area contributed by atoms with E-state index in [0.717, 1.165) is 19.3 Å². The van der Waals surface area contributed by atoms with Crippen molar-refractivity contribution in [2.45, 2.75) is 52.3 Å². The minimum atomic E-state index is -0.542. The Bertz CT molecular complexity index is 326. The Balaban J connectivity index is 2.11. The number of alkyl halides is 2. The maximum absolute atomic E-state index is 11.7. The van der Waals surface area contributed by atoms with E-state index in [9.17, 15) is 9.90 Å². The zero-order valence-electron chi connectivity index (χ0n) is 9.35. The topological polar surface area (TPSA) is 37.3 Å². The second kappa shape index (κ2) is 3.08. The Labute approximate surface area is 123 Å². The predicted octanol–water partition coefficient (Wildman–Crippen LogP) is 3.79. The molecule has 0 aromatic heterocycles. The van der Waals surface area contributed by atoms with Gasteiger partial charge in [0.25, 0.3) is 0 Å². The Morgan fingerprint density at radius 1 is 1.00 bits per heavy atom. The molecule has 0 aromatic rings. The molecule has 0 radical (unpaired) electrons. The van der Waals surface area contributed by atoms with Crippen molar-refractivity contribution in [3.05, 3.63) is 0 Å². The third kappa shape index (κ3) is 1.57. The van der Waals surface area contributed by atoms with E-state index < -0.39 is 11.4 Å². The van der Waals surface area contributed by atoms with Gasteiger partial charge in [0, 0.05) is 6.84 Å². The average Bonchev–Trinajstić information content (AvgIpc) is 1.92. The Morgan fingerprint density at radius 3 is 1.88 bits per heavy atom. The van der Waals surface area contributed by atoms with Crippen LogP contribution in [0.2, 0.25) is 0 Å². The quantitative estimate of drug-likeness (QED) is 0.492. The van der Waals surface area contributed by atoms with Crippen molar-refractivity contribution in [2.75, 3.05) is 0 Å². The molecule has 0 amide bonds. The van der Waals surface area contributed by atoms with Crippen LogP contribution in [-0.4, -0.2) is 17.9 Å². The number of rotatable bonds is 1. The maximum Gasteiger partial charge on any atom is 0.309 e. The highest BCUT2D eigenvalue weighted by Gasteiger charge is 2.68. The van der Waals surface area contributed by atoms with Crippen molar-refractivity contribution in [3.63, 3.8) is 0 Å². The van der Waals surface area contributed by atoms with Crippen LogP contribution in [0.1, 0.15) is 45.4 Å². The first-order valence-corrected chi connectivity index (χ1v) is 7.96. The Hall–Kier alpha value is 0.930. The van der Waals surface area contributed by atoms with Crippen LogP contribution in [0.3, 0.4) is 0 Å². The van der Waals surface area contributed by atoms with Gasteiger partial charge in [-0.15, -0.1) is 0 Å². The fourth-order valence-electron chi connectivity index (χ4n) is 5.10. The van der Waals surface area contributed by atoms with Crippen molar-refractivity contribution in [1.82, 2.24) is 0 Å². The van der Waals surface area contributed by atoms with E-state index in [2.05, 4.69) is 52.1 Å². The minimum absolute atomic E-state index is 0.251. The van der Waals surface area contributed by atoms with Gasteiger partial charge in [0.1, 0.15) is 0 Å². The summed E-state index contributed by atoms with van der Waals surface area (Å²) in [6, 6.07) is 0. The molecule has 4 fully saturated rings. The van der Waals surface area contributed by atoms with Crippen molar-refractivity contribution < 1.29 is 9.90 Å². The molecule has 0 aliphatic heterocycles. The summed E-state index contributed by atoms with van der Waals surface area (Å²) in [4.78, 5) is 11.7. The van der Waals surface area contributed by atoms with Gasteiger partial charge in [0.2, 0.25) is 0 Å². The van der Waals surface area contributed by atoms with E-state index in [-0.39, 0.29) is 12.3 Å². The number of carboxylic acid groups (broad SMARTS) is 1. The summed E-state index contributed by atoms with van der Waals surface area (Å²) in [7, 11) is 0. The van der Waals surface area contributed by atoms with E-state index in [1.807, 2.05) is 0 Å². The summed E-state index contributed by atoms with van der Waals surface area (Å²) in [6.45, 7) is 2.31. The van der Waals surface area contributed by atoms with Gasteiger partial charge in [-0.3, -0.25) is 4.79 Å². The van der Waals surface area contributed by atoms with Crippen LogP contribution in [0.15, 0.2) is 0 Å². The number of carbonyl (C=O) groups is 1. The molecule has 90 valence electrons. The number of halogens is 2. The van der Waals surface area contributed by atoms with Crippen molar-refractivity contribution >= 4 is 51.2 Å². The first-order chi connectivity index (χ1) is 7.19. The third-order valence-corrected chi connectivity index (χ3v) is 6.94. The van der Waals surface area contributed by atoms with Crippen LogP contribution in [0, 0.1) is 10.8 Å². The van der Waals surface area contributed by atoms with Crippen LogP contribution in [0.25, 0.3) is 0 Å². The number of hydrogen-bond acceptors (Lipinski definition) is 1. The molecular formula is C12H16I2O2. The summed E-state index contributed by atoms with van der Waals surface area (Å²) in [5.41, 5.74) is -0.137. The van der Waals surface area contributed by atoms with Gasteiger partial charge in [-0.25, -0.2) is 0 Å². The minimum Gasteiger partial charge on any atom is -0.481 e. The molecule has 4 saturated carbocycles. The molecule has 4 aliphatic rings. The van der Waals surface area contributed by atoms with E-state index >= 15 is 0 Å². The van der Waals surface area contributed by atoms with Crippen molar-refractivity contribution in [3.8, 4) is 0 Å². The SMILES string of the molecule is CC12CC3(I)CC(I)(C1)CC(C(=O)O)(C2)C3. The maximum atomic E-state index is 11.7. The van der Waals surface area contributed by atoms with Gasteiger partial charge in [-0.2, -0.15) is 0 Å². The van der Waals surface area contributed by atoms with Crippen LogP contribution >= 0.6 is 45.2 Å². The molecule has 2 unspecified atom stereocenters. The lowest BCUT2D eigenvalue weighted by Crippen LogP contribution is -2.64. The van der Waals surface area contributed by atoms with Crippen LogP contribution < -0.4 is 0 Å². The Morgan fingerprint density at radius 2 is 1.50 bits per heavy atom. The molecule has 0 spiro atoms. The molecule has 4 heteroatoms. The molecule has 2 atom stereocenters. The third-order valence-electron chi connectivity index (χ3n) is 4.65. The van der Waals surface area contributed by atoms with Gasteiger partial charge in [0.15, 0.2) is 0 Å². The lowest BCUT2D eigenvalue weighted by molar-refractivity contribution is -0.165. The van der Waals surface area contributed by atoms with Gasteiger partial charge in [-0.05, 0) is 43.9 Å². The van der Waals surface area contributed by atoms with Crippen molar-refractivity contribution in [2.24, 2.45) is 10.8 Å².